The van der Waals surface area contributed by atoms with Crippen molar-refractivity contribution in [2.45, 2.75) is 60.0 Å². The summed E-state index contributed by atoms with van der Waals surface area (Å²) in [5, 5.41) is 9.90. The third-order valence-corrected chi connectivity index (χ3v) is 5.25. The monoisotopic (exact) mass is 196 g/mol. The molecule has 2 saturated carbocycles. The van der Waals surface area contributed by atoms with Crippen LogP contribution in [0.1, 0.15) is 53.9 Å². The molecule has 0 spiro atoms. The van der Waals surface area contributed by atoms with Crippen LogP contribution < -0.4 is 0 Å². The minimum atomic E-state index is -0.0654. The molecule has 0 radical (unpaired) electrons. The molecule has 0 amide bonds. The van der Waals surface area contributed by atoms with E-state index in [0.717, 1.165) is 18.8 Å². The Morgan fingerprint density at radius 1 is 1.14 bits per heavy atom. The molecule has 0 unspecified atom stereocenters. The molecule has 82 valence electrons. The predicted molar refractivity (Wildman–Crippen MR) is 59.0 cm³/mol. The largest absolute Gasteiger partial charge is 0.393 e. The lowest BCUT2D eigenvalue weighted by Gasteiger charge is -2.47. The first-order chi connectivity index (χ1) is 6.25. The van der Waals surface area contributed by atoms with Gasteiger partial charge in [0.15, 0.2) is 0 Å². The summed E-state index contributed by atoms with van der Waals surface area (Å²) in [4.78, 5) is 0. The molecule has 0 bridgehead atoms. The van der Waals surface area contributed by atoms with Crippen LogP contribution in [-0.4, -0.2) is 11.2 Å². The Kier molecular flexibility index (Phi) is 1.91. The van der Waals surface area contributed by atoms with Crippen LogP contribution in [0.3, 0.4) is 0 Å². The molecule has 2 aliphatic carbocycles. The van der Waals surface area contributed by atoms with Gasteiger partial charge in [-0.25, -0.2) is 0 Å². The molecule has 0 aliphatic heterocycles. The third kappa shape index (κ3) is 0.997. The summed E-state index contributed by atoms with van der Waals surface area (Å²) in [5.74, 6) is 0.745. The molecular formula is C13H24O. The average Bonchev–Trinajstić information content (AvgIpc) is 2.54. The molecule has 3 atom stereocenters. The van der Waals surface area contributed by atoms with Gasteiger partial charge in [-0.15, -0.1) is 0 Å². The van der Waals surface area contributed by atoms with Crippen LogP contribution in [0.25, 0.3) is 0 Å². The van der Waals surface area contributed by atoms with Gasteiger partial charge in [0, 0.05) is 0 Å². The Bertz CT molecular complexity index is 256. The van der Waals surface area contributed by atoms with Crippen LogP contribution in [0.15, 0.2) is 0 Å². The molecule has 14 heavy (non-hydrogen) atoms. The highest BCUT2D eigenvalue weighted by molar-refractivity contribution is 5.22. The van der Waals surface area contributed by atoms with Crippen molar-refractivity contribution in [3.05, 3.63) is 0 Å². The molecule has 2 fully saturated rings. The van der Waals surface area contributed by atoms with Gasteiger partial charge in [-0.2, -0.15) is 0 Å². The Morgan fingerprint density at radius 3 is 2.14 bits per heavy atom. The second kappa shape index (κ2) is 2.55. The smallest absolute Gasteiger partial charge is 0.0551 e. The molecule has 1 N–H and O–H groups in total. The van der Waals surface area contributed by atoms with Crippen LogP contribution in [-0.2, 0) is 0 Å². The number of hydrogen-bond donors (Lipinski definition) is 1. The van der Waals surface area contributed by atoms with Gasteiger partial charge in [0.1, 0.15) is 0 Å². The highest BCUT2D eigenvalue weighted by Crippen LogP contribution is 2.80. The van der Waals surface area contributed by atoms with Gasteiger partial charge in [0.25, 0.3) is 0 Å². The molecule has 0 saturated heterocycles. The van der Waals surface area contributed by atoms with Crippen molar-refractivity contribution in [3.63, 3.8) is 0 Å². The second-order valence-corrected chi connectivity index (χ2v) is 6.81. The summed E-state index contributed by atoms with van der Waals surface area (Å²) < 4.78 is 0. The maximum atomic E-state index is 9.90. The first-order valence-corrected chi connectivity index (χ1v) is 5.93. The van der Waals surface area contributed by atoms with Crippen molar-refractivity contribution in [3.8, 4) is 0 Å². The van der Waals surface area contributed by atoms with Gasteiger partial charge in [0.2, 0.25) is 0 Å². The van der Waals surface area contributed by atoms with E-state index < -0.39 is 0 Å². The number of rotatable bonds is 1. The summed E-state index contributed by atoms with van der Waals surface area (Å²) >= 11 is 0. The lowest BCUT2D eigenvalue weighted by molar-refractivity contribution is -0.0346. The van der Waals surface area contributed by atoms with Gasteiger partial charge in [-0.1, -0.05) is 34.6 Å². The number of aliphatic hydroxyl groups is 1. The highest BCUT2D eigenvalue weighted by atomic mass is 16.3. The van der Waals surface area contributed by atoms with Crippen LogP contribution in [0.4, 0.5) is 0 Å². The SMILES string of the molecule is CC(C)[C@@]12C[C@]1(C)C[C@@H](O)CC2(C)C. The van der Waals surface area contributed by atoms with E-state index in [1.165, 1.54) is 6.42 Å². The number of fused-ring (bicyclic) bond motifs is 1. The van der Waals surface area contributed by atoms with E-state index in [1.54, 1.807) is 0 Å². The Labute approximate surface area is 87.9 Å². The first kappa shape index (κ1) is 10.5. The standard InChI is InChI=1S/C13H24O/c1-9(2)13-8-12(13,5)7-10(14)6-11(13,3)4/h9-10,14H,6-8H2,1-5H3/t10-,12-,13+/m0/s1. The Morgan fingerprint density at radius 2 is 1.71 bits per heavy atom. The minimum Gasteiger partial charge on any atom is -0.393 e. The summed E-state index contributed by atoms with van der Waals surface area (Å²) in [6, 6.07) is 0. The van der Waals surface area contributed by atoms with Crippen LogP contribution >= 0.6 is 0 Å². The van der Waals surface area contributed by atoms with Crippen LogP contribution in [0.5, 0.6) is 0 Å². The number of hydrogen-bond acceptors (Lipinski definition) is 1. The fourth-order valence-electron chi connectivity index (χ4n) is 4.93. The van der Waals surface area contributed by atoms with Gasteiger partial charge < -0.3 is 5.11 Å². The Balaban J connectivity index is 2.35. The molecule has 0 aromatic rings. The van der Waals surface area contributed by atoms with Crippen LogP contribution in [0, 0.1) is 22.2 Å². The van der Waals surface area contributed by atoms with E-state index in [1.807, 2.05) is 0 Å². The molecular weight excluding hydrogens is 172 g/mol. The van der Waals surface area contributed by atoms with Crippen molar-refractivity contribution in [1.82, 2.24) is 0 Å². The second-order valence-electron chi connectivity index (χ2n) is 6.81. The minimum absolute atomic E-state index is 0.0654. The Hall–Kier alpha value is -0.0400. The molecule has 0 heterocycles. The van der Waals surface area contributed by atoms with E-state index in [0.29, 0.717) is 16.2 Å². The fraction of sp³-hybridized carbons (Fsp3) is 1.00. The molecule has 0 aromatic heterocycles. The van der Waals surface area contributed by atoms with E-state index in [4.69, 9.17) is 0 Å². The zero-order valence-electron chi connectivity index (χ0n) is 10.2. The molecule has 2 rings (SSSR count). The lowest BCUT2D eigenvalue weighted by atomic mass is 9.59. The fourth-order valence-corrected chi connectivity index (χ4v) is 4.93. The van der Waals surface area contributed by atoms with E-state index in [2.05, 4.69) is 34.6 Å². The van der Waals surface area contributed by atoms with E-state index >= 15 is 0 Å². The maximum absolute atomic E-state index is 9.90. The maximum Gasteiger partial charge on any atom is 0.0551 e. The highest BCUT2D eigenvalue weighted by Gasteiger charge is 2.73. The zero-order valence-corrected chi connectivity index (χ0v) is 10.2. The molecule has 0 aromatic carbocycles. The first-order valence-electron chi connectivity index (χ1n) is 5.93. The van der Waals surface area contributed by atoms with Crippen molar-refractivity contribution in [2.75, 3.05) is 0 Å². The molecule has 1 heteroatoms. The summed E-state index contributed by atoms with van der Waals surface area (Å²) in [7, 11) is 0. The normalized spacial score (nSPS) is 50.4. The van der Waals surface area contributed by atoms with E-state index in [-0.39, 0.29) is 6.10 Å². The number of aliphatic hydroxyl groups excluding tert-OH is 1. The van der Waals surface area contributed by atoms with Crippen molar-refractivity contribution < 1.29 is 5.11 Å². The topological polar surface area (TPSA) is 20.2 Å². The van der Waals surface area contributed by atoms with Crippen molar-refractivity contribution in [1.29, 1.82) is 0 Å². The zero-order chi connectivity index (χ0) is 10.8. The summed E-state index contributed by atoms with van der Waals surface area (Å²) in [5.41, 5.74) is 1.23. The summed E-state index contributed by atoms with van der Waals surface area (Å²) in [6.07, 6.45) is 3.27. The third-order valence-electron chi connectivity index (χ3n) is 5.25. The van der Waals surface area contributed by atoms with Crippen molar-refractivity contribution in [2.24, 2.45) is 22.2 Å². The summed E-state index contributed by atoms with van der Waals surface area (Å²) in [6.45, 7) is 11.8. The van der Waals surface area contributed by atoms with Gasteiger partial charge in [0.05, 0.1) is 6.10 Å². The van der Waals surface area contributed by atoms with Gasteiger partial charge in [-0.05, 0) is 41.4 Å². The average molecular weight is 196 g/mol. The molecule has 1 nitrogen and oxygen atoms in total. The van der Waals surface area contributed by atoms with Gasteiger partial charge >= 0.3 is 0 Å². The quantitative estimate of drug-likeness (QED) is 0.682. The van der Waals surface area contributed by atoms with Crippen LogP contribution in [0.2, 0.25) is 0 Å². The molecule has 2 aliphatic rings. The predicted octanol–water partition coefficient (Wildman–Crippen LogP) is 3.22. The van der Waals surface area contributed by atoms with Crippen molar-refractivity contribution >= 4 is 0 Å². The van der Waals surface area contributed by atoms with E-state index in [9.17, 15) is 5.11 Å². The van der Waals surface area contributed by atoms with Gasteiger partial charge in [-0.3, -0.25) is 0 Å². The lowest BCUT2D eigenvalue weighted by Crippen LogP contribution is -2.42.